The number of hydrogen-bond donors (Lipinski definition) is 0. The zero-order valence-corrected chi connectivity index (χ0v) is 16.4. The number of benzene rings is 1. The predicted molar refractivity (Wildman–Crippen MR) is 103 cm³/mol. The second-order valence-electron chi connectivity index (χ2n) is 6.94. The molecule has 1 aromatic carbocycles. The summed E-state index contributed by atoms with van der Waals surface area (Å²) in [6.45, 7) is 5.21. The predicted octanol–water partition coefficient (Wildman–Crippen LogP) is 1.75. The first-order chi connectivity index (χ1) is 12.4. The van der Waals surface area contributed by atoms with Crippen molar-refractivity contribution >= 4 is 10.0 Å². The SMILES string of the molecule is CN1CCN(Cc2cccc(-c3cc(S(=O)(=O)N(C)C)ccn3)c2)CC1. The van der Waals surface area contributed by atoms with Crippen LogP contribution in [0.15, 0.2) is 47.5 Å². The van der Waals surface area contributed by atoms with Gasteiger partial charge in [0.15, 0.2) is 0 Å². The van der Waals surface area contributed by atoms with E-state index < -0.39 is 10.0 Å². The summed E-state index contributed by atoms with van der Waals surface area (Å²) in [5.74, 6) is 0. The second-order valence-corrected chi connectivity index (χ2v) is 9.10. The first kappa shape index (κ1) is 19.0. The largest absolute Gasteiger partial charge is 0.304 e. The fraction of sp³-hybridized carbons (Fsp3) is 0.421. The average Bonchev–Trinajstić information content (AvgIpc) is 2.64. The molecule has 2 heterocycles. The van der Waals surface area contributed by atoms with Crippen LogP contribution in [0.1, 0.15) is 5.56 Å². The Morgan fingerprint density at radius 2 is 1.81 bits per heavy atom. The molecular weight excluding hydrogens is 348 g/mol. The summed E-state index contributed by atoms with van der Waals surface area (Å²) in [5, 5.41) is 0. The Labute approximate surface area is 156 Å². The van der Waals surface area contributed by atoms with E-state index in [2.05, 4.69) is 34.0 Å². The molecular formula is C19H26N4O2S. The van der Waals surface area contributed by atoms with Gasteiger partial charge in [-0.2, -0.15) is 0 Å². The molecule has 140 valence electrons. The fourth-order valence-corrected chi connectivity index (χ4v) is 3.95. The van der Waals surface area contributed by atoms with Crippen LogP contribution in [0, 0.1) is 0 Å². The zero-order valence-electron chi connectivity index (χ0n) is 15.6. The van der Waals surface area contributed by atoms with Crippen LogP contribution in [0.3, 0.4) is 0 Å². The maximum absolute atomic E-state index is 12.4. The molecule has 0 unspecified atom stereocenters. The number of pyridine rings is 1. The van der Waals surface area contributed by atoms with Crippen molar-refractivity contribution < 1.29 is 8.42 Å². The molecule has 1 aliphatic rings. The van der Waals surface area contributed by atoms with Gasteiger partial charge in [0.1, 0.15) is 0 Å². The second kappa shape index (κ2) is 7.84. The van der Waals surface area contributed by atoms with E-state index in [9.17, 15) is 8.42 Å². The molecule has 0 N–H and O–H groups in total. The molecule has 26 heavy (non-hydrogen) atoms. The van der Waals surface area contributed by atoms with Crippen LogP contribution >= 0.6 is 0 Å². The number of nitrogens with zero attached hydrogens (tertiary/aromatic N) is 4. The van der Waals surface area contributed by atoms with Crippen LogP contribution in [0.25, 0.3) is 11.3 Å². The third-order valence-corrected chi connectivity index (χ3v) is 6.55. The van der Waals surface area contributed by atoms with Crippen molar-refractivity contribution in [3.8, 4) is 11.3 Å². The lowest BCUT2D eigenvalue weighted by atomic mass is 10.1. The molecule has 1 saturated heterocycles. The van der Waals surface area contributed by atoms with Crippen LogP contribution in [0.2, 0.25) is 0 Å². The van der Waals surface area contributed by atoms with Gasteiger partial charge in [-0.1, -0.05) is 18.2 Å². The highest BCUT2D eigenvalue weighted by Crippen LogP contribution is 2.23. The van der Waals surface area contributed by atoms with Crippen LogP contribution < -0.4 is 0 Å². The number of hydrogen-bond acceptors (Lipinski definition) is 5. The van der Waals surface area contributed by atoms with Crippen molar-refractivity contribution in [1.29, 1.82) is 0 Å². The van der Waals surface area contributed by atoms with Gasteiger partial charge in [0.2, 0.25) is 10.0 Å². The monoisotopic (exact) mass is 374 g/mol. The molecule has 0 aliphatic carbocycles. The van der Waals surface area contributed by atoms with E-state index in [1.807, 2.05) is 12.1 Å². The Bertz CT molecular complexity index is 859. The van der Waals surface area contributed by atoms with Gasteiger partial charge in [-0.3, -0.25) is 9.88 Å². The molecule has 0 radical (unpaired) electrons. The molecule has 0 spiro atoms. The minimum atomic E-state index is -3.46. The molecule has 2 aromatic rings. The fourth-order valence-electron chi connectivity index (χ4n) is 3.03. The van der Waals surface area contributed by atoms with Crippen LogP contribution in [0.5, 0.6) is 0 Å². The van der Waals surface area contributed by atoms with E-state index in [1.165, 1.54) is 30.0 Å². The minimum absolute atomic E-state index is 0.261. The van der Waals surface area contributed by atoms with Gasteiger partial charge in [0, 0.05) is 58.6 Å². The van der Waals surface area contributed by atoms with Gasteiger partial charge >= 0.3 is 0 Å². The summed E-state index contributed by atoms with van der Waals surface area (Å²) in [7, 11) is 1.75. The lowest BCUT2D eigenvalue weighted by Gasteiger charge is -2.32. The van der Waals surface area contributed by atoms with E-state index in [0.717, 1.165) is 38.3 Å². The third kappa shape index (κ3) is 4.29. The number of likely N-dealkylation sites (N-methyl/N-ethyl adjacent to an activating group) is 1. The molecule has 1 fully saturated rings. The smallest absolute Gasteiger partial charge is 0.242 e. The van der Waals surface area contributed by atoms with Crippen molar-refractivity contribution in [3.05, 3.63) is 48.2 Å². The van der Waals surface area contributed by atoms with E-state index in [4.69, 9.17) is 0 Å². The minimum Gasteiger partial charge on any atom is -0.304 e. The van der Waals surface area contributed by atoms with E-state index >= 15 is 0 Å². The van der Waals surface area contributed by atoms with E-state index in [1.54, 1.807) is 12.3 Å². The molecule has 0 atom stereocenters. The van der Waals surface area contributed by atoms with E-state index in [0.29, 0.717) is 5.69 Å². The van der Waals surface area contributed by atoms with Crippen molar-refractivity contribution in [1.82, 2.24) is 19.1 Å². The molecule has 1 aromatic heterocycles. The molecule has 0 bridgehead atoms. The highest BCUT2D eigenvalue weighted by atomic mass is 32.2. The Morgan fingerprint density at radius 3 is 2.50 bits per heavy atom. The number of rotatable bonds is 5. The first-order valence-corrected chi connectivity index (χ1v) is 10.2. The standard InChI is InChI=1S/C19H26N4O2S/c1-21(2)26(24,25)18-7-8-20-19(14-18)17-6-4-5-16(13-17)15-23-11-9-22(3)10-12-23/h4-8,13-14H,9-12,15H2,1-3H3. The summed E-state index contributed by atoms with van der Waals surface area (Å²) in [6, 6.07) is 11.4. The first-order valence-electron chi connectivity index (χ1n) is 8.75. The number of piperazine rings is 1. The quantitative estimate of drug-likeness (QED) is 0.798. The van der Waals surface area contributed by atoms with Gasteiger partial charge in [0.05, 0.1) is 10.6 Å². The molecule has 3 rings (SSSR count). The Kier molecular flexibility index (Phi) is 5.72. The number of aromatic nitrogens is 1. The summed E-state index contributed by atoms with van der Waals surface area (Å²) in [4.78, 5) is 9.42. The van der Waals surface area contributed by atoms with Gasteiger partial charge in [-0.05, 0) is 30.8 Å². The van der Waals surface area contributed by atoms with Crippen LogP contribution in [-0.4, -0.2) is 74.8 Å². The molecule has 0 saturated carbocycles. The van der Waals surface area contributed by atoms with Crippen LogP contribution in [0.4, 0.5) is 0 Å². The van der Waals surface area contributed by atoms with Crippen molar-refractivity contribution in [2.45, 2.75) is 11.4 Å². The Hall–Kier alpha value is -1.80. The van der Waals surface area contributed by atoms with E-state index in [-0.39, 0.29) is 4.90 Å². The highest BCUT2D eigenvalue weighted by Gasteiger charge is 2.18. The Morgan fingerprint density at radius 1 is 1.08 bits per heavy atom. The number of sulfonamides is 1. The molecule has 6 nitrogen and oxygen atoms in total. The van der Waals surface area contributed by atoms with Crippen LogP contribution in [-0.2, 0) is 16.6 Å². The third-order valence-electron chi connectivity index (χ3n) is 4.73. The highest BCUT2D eigenvalue weighted by molar-refractivity contribution is 7.89. The molecule has 1 aliphatic heterocycles. The summed E-state index contributed by atoms with van der Waals surface area (Å²) in [6.07, 6.45) is 1.55. The van der Waals surface area contributed by atoms with Crippen molar-refractivity contribution in [2.24, 2.45) is 0 Å². The summed E-state index contributed by atoms with van der Waals surface area (Å²) >= 11 is 0. The molecule has 0 amide bonds. The summed E-state index contributed by atoms with van der Waals surface area (Å²) < 4.78 is 25.9. The summed E-state index contributed by atoms with van der Waals surface area (Å²) in [5.41, 5.74) is 2.83. The van der Waals surface area contributed by atoms with Gasteiger partial charge in [-0.25, -0.2) is 12.7 Å². The Balaban J connectivity index is 1.82. The lowest BCUT2D eigenvalue weighted by molar-refractivity contribution is 0.148. The topological polar surface area (TPSA) is 56.8 Å². The lowest BCUT2D eigenvalue weighted by Crippen LogP contribution is -2.43. The van der Waals surface area contributed by atoms with Gasteiger partial charge in [0.25, 0.3) is 0 Å². The van der Waals surface area contributed by atoms with Crippen molar-refractivity contribution in [2.75, 3.05) is 47.3 Å². The van der Waals surface area contributed by atoms with Gasteiger partial charge in [-0.15, -0.1) is 0 Å². The average molecular weight is 375 g/mol. The maximum atomic E-state index is 12.4. The normalized spacial score (nSPS) is 16.9. The maximum Gasteiger partial charge on any atom is 0.242 e. The zero-order chi connectivity index (χ0) is 18.7. The van der Waals surface area contributed by atoms with Gasteiger partial charge < -0.3 is 4.90 Å². The molecule has 7 heteroatoms. The van der Waals surface area contributed by atoms with Crippen molar-refractivity contribution in [3.63, 3.8) is 0 Å².